The number of carbonyl (C=O) groups is 1. The number of nitrogens with one attached hydrogen (secondary N) is 2. The van der Waals surface area contributed by atoms with Gasteiger partial charge >= 0.3 is 12.1 Å². The number of hydrogen-bond donors (Lipinski definition) is 4. The highest BCUT2D eigenvalue weighted by Crippen LogP contribution is 2.43. The second kappa shape index (κ2) is 7.00. The van der Waals surface area contributed by atoms with Gasteiger partial charge in [-0.1, -0.05) is 17.7 Å². The molecule has 28 heavy (non-hydrogen) atoms. The van der Waals surface area contributed by atoms with Gasteiger partial charge in [0.15, 0.2) is 0 Å². The minimum Gasteiger partial charge on any atom is -0.478 e. The molecule has 0 bridgehead atoms. The number of halogens is 5. The second-order valence-electron chi connectivity index (χ2n) is 5.55. The van der Waals surface area contributed by atoms with E-state index in [1.165, 1.54) is 6.07 Å². The van der Waals surface area contributed by atoms with Crippen LogP contribution in [-0.2, 0) is 6.18 Å². The molecule has 5 N–H and O–H groups in total. The van der Waals surface area contributed by atoms with Crippen molar-refractivity contribution < 1.29 is 27.5 Å². The summed E-state index contributed by atoms with van der Waals surface area (Å²) in [6.07, 6.45) is -4.84. The first kappa shape index (κ1) is 19.4. The number of H-pyrrole nitrogens is 1. The summed E-state index contributed by atoms with van der Waals surface area (Å²) in [5, 5.41) is 17.2. The van der Waals surface area contributed by atoms with Crippen LogP contribution in [0.4, 0.5) is 35.1 Å². The molecule has 12 heteroatoms. The average molecular weight is 416 g/mol. The minimum absolute atomic E-state index is 0.0474. The molecule has 0 atom stereocenters. The summed E-state index contributed by atoms with van der Waals surface area (Å²) in [7, 11) is 0. The fourth-order valence-electron chi connectivity index (χ4n) is 2.50. The summed E-state index contributed by atoms with van der Waals surface area (Å²) >= 11 is 6.06. The quantitative estimate of drug-likeness (QED) is 0.472. The van der Waals surface area contributed by atoms with E-state index >= 15 is 0 Å². The van der Waals surface area contributed by atoms with E-state index in [2.05, 4.69) is 20.5 Å². The molecule has 0 unspecified atom stereocenters. The first-order valence-electron chi connectivity index (χ1n) is 7.45. The molecule has 0 fully saturated rings. The average Bonchev–Trinajstić information content (AvgIpc) is 2.99. The van der Waals surface area contributed by atoms with E-state index in [9.17, 15) is 22.4 Å². The van der Waals surface area contributed by atoms with E-state index in [1.54, 1.807) is 0 Å². The number of anilines is 3. The Labute approximate surface area is 159 Å². The maximum absolute atomic E-state index is 13.6. The van der Waals surface area contributed by atoms with Gasteiger partial charge in [-0.2, -0.15) is 18.2 Å². The van der Waals surface area contributed by atoms with Crippen LogP contribution < -0.4 is 11.1 Å². The summed E-state index contributed by atoms with van der Waals surface area (Å²) in [5.74, 6) is -2.83. The fourth-order valence-corrected chi connectivity index (χ4v) is 2.83. The summed E-state index contributed by atoms with van der Waals surface area (Å²) < 4.78 is 54.5. The Morgan fingerprint density at radius 3 is 2.54 bits per heavy atom. The number of aromatic amines is 1. The van der Waals surface area contributed by atoms with Crippen molar-refractivity contribution >= 4 is 35.2 Å². The number of alkyl halides is 3. The predicted octanol–water partition coefficient (Wildman–Crippen LogP) is 4.31. The van der Waals surface area contributed by atoms with Crippen molar-refractivity contribution in [2.75, 3.05) is 11.1 Å². The van der Waals surface area contributed by atoms with Gasteiger partial charge in [-0.05, 0) is 29.8 Å². The normalized spacial score (nSPS) is 11.5. The summed E-state index contributed by atoms with van der Waals surface area (Å²) in [6.45, 7) is 0. The fraction of sp³-hybridized carbons (Fsp3) is 0.0625. The molecule has 1 heterocycles. The molecular formula is C16H10ClF4N5O2. The van der Waals surface area contributed by atoms with Crippen LogP contribution in [0.15, 0.2) is 30.3 Å². The Hall–Kier alpha value is -3.34. The van der Waals surface area contributed by atoms with Gasteiger partial charge in [0, 0.05) is 11.3 Å². The van der Waals surface area contributed by atoms with Crippen LogP contribution in [0, 0.1) is 5.82 Å². The smallest absolute Gasteiger partial charge is 0.417 e. The maximum atomic E-state index is 13.6. The molecule has 0 spiro atoms. The number of rotatable bonds is 4. The molecule has 3 rings (SSSR count). The summed E-state index contributed by atoms with van der Waals surface area (Å²) in [4.78, 5) is 14.8. The summed E-state index contributed by atoms with van der Waals surface area (Å²) in [5.41, 5.74) is 2.65. The standard InChI is InChI=1S/C16H10ClF4N5O2/c17-10-5-7(23-15-24-14(22)25-26-15)4-9(16(19,20)21)12(10)6-1-2-11(18)8(3-6)13(27)28/h1-5H,(H,27,28)(H4,22,23,24,25,26). The number of aromatic nitrogens is 3. The Morgan fingerprint density at radius 1 is 1.25 bits per heavy atom. The van der Waals surface area contributed by atoms with Gasteiger partial charge in [0.25, 0.3) is 0 Å². The number of aromatic carboxylic acids is 1. The highest BCUT2D eigenvalue weighted by molar-refractivity contribution is 6.34. The molecule has 0 aliphatic rings. The lowest BCUT2D eigenvalue weighted by Gasteiger charge is -2.17. The van der Waals surface area contributed by atoms with Crippen molar-refractivity contribution in [3.8, 4) is 11.1 Å². The molecule has 146 valence electrons. The van der Waals surface area contributed by atoms with Crippen molar-refractivity contribution in [3.05, 3.63) is 52.3 Å². The molecule has 1 aromatic heterocycles. The van der Waals surface area contributed by atoms with Crippen LogP contribution in [0.25, 0.3) is 11.1 Å². The van der Waals surface area contributed by atoms with Crippen molar-refractivity contribution in [1.82, 2.24) is 15.2 Å². The number of hydrogen-bond acceptors (Lipinski definition) is 5. The molecular weight excluding hydrogens is 406 g/mol. The molecule has 2 aromatic carbocycles. The lowest BCUT2D eigenvalue weighted by Crippen LogP contribution is -2.09. The van der Waals surface area contributed by atoms with Gasteiger partial charge in [0.1, 0.15) is 5.82 Å². The molecule has 0 saturated heterocycles. The van der Waals surface area contributed by atoms with Crippen molar-refractivity contribution in [2.24, 2.45) is 0 Å². The zero-order chi connectivity index (χ0) is 20.6. The zero-order valence-corrected chi connectivity index (χ0v) is 14.4. The van der Waals surface area contributed by atoms with Crippen LogP contribution in [0.3, 0.4) is 0 Å². The van der Waals surface area contributed by atoms with Crippen LogP contribution in [0.1, 0.15) is 15.9 Å². The van der Waals surface area contributed by atoms with Crippen LogP contribution in [-0.4, -0.2) is 26.3 Å². The largest absolute Gasteiger partial charge is 0.478 e. The van der Waals surface area contributed by atoms with Crippen molar-refractivity contribution in [3.63, 3.8) is 0 Å². The van der Waals surface area contributed by atoms with Crippen molar-refractivity contribution in [2.45, 2.75) is 6.18 Å². The minimum atomic E-state index is -4.84. The molecule has 0 saturated carbocycles. The molecule has 0 amide bonds. The Balaban J connectivity index is 2.16. The highest BCUT2D eigenvalue weighted by atomic mass is 35.5. The van der Waals surface area contributed by atoms with E-state index in [1.807, 2.05) is 0 Å². The summed E-state index contributed by atoms with van der Waals surface area (Å²) in [6, 6.07) is 4.48. The Kier molecular flexibility index (Phi) is 4.86. The number of nitrogen functional groups attached to an aromatic ring is 1. The molecule has 0 aliphatic heterocycles. The third-order valence-corrected chi connectivity index (χ3v) is 3.94. The SMILES string of the molecule is Nc1nc(Nc2cc(Cl)c(-c3ccc(F)c(C(=O)O)c3)c(C(F)(F)F)c2)n[nH]1. The second-order valence-corrected chi connectivity index (χ2v) is 5.95. The zero-order valence-electron chi connectivity index (χ0n) is 13.6. The Morgan fingerprint density at radius 2 is 1.96 bits per heavy atom. The number of benzene rings is 2. The third kappa shape index (κ3) is 3.83. The molecule has 0 aliphatic carbocycles. The van der Waals surface area contributed by atoms with E-state index in [4.69, 9.17) is 22.4 Å². The van der Waals surface area contributed by atoms with Crippen LogP contribution in [0.5, 0.6) is 0 Å². The molecule has 7 nitrogen and oxygen atoms in total. The van der Waals surface area contributed by atoms with Gasteiger partial charge in [-0.3, -0.25) is 0 Å². The van der Waals surface area contributed by atoms with Crippen LogP contribution in [0.2, 0.25) is 5.02 Å². The first-order chi connectivity index (χ1) is 13.1. The highest BCUT2D eigenvalue weighted by Gasteiger charge is 2.35. The van der Waals surface area contributed by atoms with E-state index < -0.39 is 34.7 Å². The van der Waals surface area contributed by atoms with E-state index in [0.717, 1.165) is 24.3 Å². The number of carboxylic acid groups (broad SMARTS) is 1. The number of nitrogens with two attached hydrogens (primary N) is 1. The topological polar surface area (TPSA) is 117 Å². The maximum Gasteiger partial charge on any atom is 0.417 e. The van der Waals surface area contributed by atoms with Gasteiger partial charge in [-0.25, -0.2) is 14.3 Å². The Bertz CT molecular complexity index is 1070. The van der Waals surface area contributed by atoms with Gasteiger partial charge in [0.05, 0.1) is 16.1 Å². The third-order valence-electron chi connectivity index (χ3n) is 3.64. The monoisotopic (exact) mass is 415 g/mol. The predicted molar refractivity (Wildman–Crippen MR) is 92.9 cm³/mol. The van der Waals surface area contributed by atoms with Crippen LogP contribution >= 0.6 is 11.6 Å². The van der Waals surface area contributed by atoms with Gasteiger partial charge in [0.2, 0.25) is 11.9 Å². The first-order valence-corrected chi connectivity index (χ1v) is 7.83. The van der Waals surface area contributed by atoms with Gasteiger partial charge < -0.3 is 16.2 Å². The molecule has 0 radical (unpaired) electrons. The van der Waals surface area contributed by atoms with E-state index in [0.29, 0.717) is 0 Å². The lowest BCUT2D eigenvalue weighted by molar-refractivity contribution is -0.137. The number of carboxylic acids is 1. The van der Waals surface area contributed by atoms with Crippen molar-refractivity contribution in [1.29, 1.82) is 0 Å². The van der Waals surface area contributed by atoms with E-state index in [-0.39, 0.29) is 28.2 Å². The number of nitrogens with zero attached hydrogens (tertiary/aromatic N) is 2. The van der Waals surface area contributed by atoms with Gasteiger partial charge in [-0.15, -0.1) is 5.10 Å². The molecule has 3 aromatic rings. The lowest BCUT2D eigenvalue weighted by atomic mass is 9.96.